The van der Waals surface area contributed by atoms with Gasteiger partial charge in [0.15, 0.2) is 17.9 Å². The molecule has 5 rings (SSSR count). The molecule has 5 heterocycles. The molecule has 4 saturated heterocycles. The second-order valence-electron chi connectivity index (χ2n) is 22.1. The van der Waals surface area contributed by atoms with Crippen molar-refractivity contribution in [1.29, 1.82) is 0 Å². The quantitative estimate of drug-likeness (QED) is 0.134. The summed E-state index contributed by atoms with van der Waals surface area (Å²) in [6, 6.07) is 0.133. The number of carbonyl (C=O) groups excluding carboxylic acids is 1. The van der Waals surface area contributed by atoms with Crippen molar-refractivity contribution in [2.75, 3.05) is 21.2 Å². The first-order chi connectivity index (χ1) is 30.8. The molecular weight excluding hydrogens is 851 g/mol. The minimum absolute atomic E-state index is 0.133. The number of aliphatic hydroxyl groups is 6. The summed E-state index contributed by atoms with van der Waals surface area (Å²) in [5.41, 5.74) is -4.28. The lowest BCUT2D eigenvalue weighted by Crippen LogP contribution is -2.59. The van der Waals surface area contributed by atoms with E-state index in [1.807, 2.05) is 34.9 Å². The van der Waals surface area contributed by atoms with E-state index in [0.717, 1.165) is 44.3 Å². The van der Waals surface area contributed by atoms with Crippen LogP contribution in [0.5, 0.6) is 0 Å². The Hall–Kier alpha value is -1.57. The van der Waals surface area contributed by atoms with E-state index in [4.69, 9.17) is 33.2 Å². The van der Waals surface area contributed by atoms with E-state index >= 15 is 0 Å². The number of allylic oxidation sites excluding steroid dienone is 1. The van der Waals surface area contributed by atoms with Gasteiger partial charge in [-0.1, -0.05) is 52.7 Å². The van der Waals surface area contributed by atoms with E-state index in [9.17, 15) is 35.4 Å². The molecule has 0 saturated carbocycles. The Balaban J connectivity index is 1.48. The van der Waals surface area contributed by atoms with E-state index in [0.29, 0.717) is 44.9 Å². The molecule has 5 aliphatic heterocycles. The number of hydrogen-bond donors (Lipinski definition) is 6. The number of rotatable bonds is 7. The number of nitrogens with zero attached hydrogens (tertiary/aromatic N) is 1. The number of esters is 1. The van der Waals surface area contributed by atoms with Crippen molar-refractivity contribution in [3.63, 3.8) is 0 Å². The molecule has 0 aromatic carbocycles. The number of likely N-dealkylation sites (N-methyl/N-ethyl adjacent to an activating group) is 1. The number of aliphatic hydroxyl groups excluding tert-OH is 4. The van der Waals surface area contributed by atoms with E-state index in [-0.39, 0.29) is 48.8 Å². The molecule has 19 atom stereocenters. The SMILES string of the molecule is CCC(O)CC1OC2(CCC1C)CC1OC(=O)/C=C/C(C)(O)C(O)C(C)C(O)C(OC3CCC(N(C)C)C(C)O3)C(O)C(C)(O)CCCCC/C=C/C3CC(C)(C)OC3(OC)CC(O2)C1C. The summed E-state index contributed by atoms with van der Waals surface area (Å²) in [5, 5.41) is 69.8. The predicted octanol–water partition coefficient (Wildman–Crippen LogP) is 5.68. The number of fused-ring (bicyclic) bond motifs is 3. The Kier molecular flexibility index (Phi) is 19.0. The van der Waals surface area contributed by atoms with Crippen molar-refractivity contribution in [2.45, 2.75) is 248 Å². The molecule has 0 aliphatic carbocycles. The highest BCUT2D eigenvalue weighted by molar-refractivity contribution is 5.82. The molecule has 4 fully saturated rings. The number of ether oxygens (including phenoxy) is 7. The van der Waals surface area contributed by atoms with Crippen LogP contribution in [0.15, 0.2) is 24.3 Å². The van der Waals surface area contributed by atoms with Gasteiger partial charge in [0, 0.05) is 56.2 Å². The van der Waals surface area contributed by atoms with Gasteiger partial charge in [0.25, 0.3) is 0 Å². The lowest BCUT2D eigenvalue weighted by Gasteiger charge is -2.53. The van der Waals surface area contributed by atoms with Gasteiger partial charge in [-0.2, -0.15) is 0 Å². The van der Waals surface area contributed by atoms with Gasteiger partial charge in [0.2, 0.25) is 0 Å². The third kappa shape index (κ3) is 13.4. The highest BCUT2D eigenvalue weighted by Gasteiger charge is 2.58. The highest BCUT2D eigenvalue weighted by Crippen LogP contribution is 2.51. The summed E-state index contributed by atoms with van der Waals surface area (Å²) in [7, 11) is 5.61. The van der Waals surface area contributed by atoms with Crippen LogP contribution in [0, 0.1) is 23.7 Å². The van der Waals surface area contributed by atoms with Crippen LogP contribution in [0.4, 0.5) is 0 Å². The summed E-state index contributed by atoms with van der Waals surface area (Å²) in [6.07, 6.45) is 5.13. The van der Waals surface area contributed by atoms with Crippen LogP contribution in [0.2, 0.25) is 0 Å². The van der Waals surface area contributed by atoms with Crippen LogP contribution in [0.1, 0.15) is 152 Å². The third-order valence-electron chi connectivity index (χ3n) is 15.8. The predicted molar refractivity (Wildman–Crippen MR) is 249 cm³/mol. The molecule has 382 valence electrons. The monoisotopic (exact) mass is 940 g/mol. The van der Waals surface area contributed by atoms with Crippen LogP contribution in [-0.2, 0) is 38.0 Å². The lowest BCUT2D eigenvalue weighted by atomic mass is 9.79. The first-order valence-corrected chi connectivity index (χ1v) is 25.1. The molecule has 0 amide bonds. The van der Waals surface area contributed by atoms with E-state index in [1.54, 1.807) is 7.11 Å². The van der Waals surface area contributed by atoms with Crippen molar-refractivity contribution in [3.8, 4) is 0 Å². The van der Waals surface area contributed by atoms with Crippen LogP contribution in [0.3, 0.4) is 0 Å². The maximum atomic E-state index is 13.9. The molecule has 2 bridgehead atoms. The first kappa shape index (κ1) is 55.4. The van der Waals surface area contributed by atoms with Gasteiger partial charge in [-0.15, -0.1) is 0 Å². The second kappa shape index (κ2) is 22.7. The Morgan fingerprint density at radius 2 is 1.59 bits per heavy atom. The van der Waals surface area contributed by atoms with Crippen LogP contribution >= 0.6 is 0 Å². The highest BCUT2D eigenvalue weighted by atomic mass is 16.7. The van der Waals surface area contributed by atoms with Crippen LogP contribution < -0.4 is 0 Å². The largest absolute Gasteiger partial charge is 0.459 e. The van der Waals surface area contributed by atoms with Gasteiger partial charge < -0.3 is 68.7 Å². The molecular formula is C51H89NO14. The fourth-order valence-electron chi connectivity index (χ4n) is 11.3. The van der Waals surface area contributed by atoms with Gasteiger partial charge >= 0.3 is 5.97 Å². The van der Waals surface area contributed by atoms with Gasteiger partial charge in [-0.05, 0) is 118 Å². The molecule has 1 spiro atoms. The van der Waals surface area contributed by atoms with Crippen LogP contribution in [-0.4, -0.2) is 158 Å². The second-order valence-corrected chi connectivity index (χ2v) is 22.1. The molecule has 15 heteroatoms. The fraction of sp³-hybridized carbons (Fsp3) is 0.902. The summed E-state index contributed by atoms with van der Waals surface area (Å²) in [4.78, 5) is 16.0. The number of hydrogen-bond acceptors (Lipinski definition) is 15. The fourth-order valence-corrected chi connectivity index (χ4v) is 11.3. The lowest BCUT2D eigenvalue weighted by molar-refractivity contribution is -0.360. The van der Waals surface area contributed by atoms with Crippen molar-refractivity contribution in [2.24, 2.45) is 23.7 Å². The zero-order valence-corrected chi connectivity index (χ0v) is 42.3. The van der Waals surface area contributed by atoms with E-state index < -0.39 is 89.3 Å². The summed E-state index contributed by atoms with van der Waals surface area (Å²) in [5.74, 6) is -4.40. The van der Waals surface area contributed by atoms with Crippen LogP contribution in [0.25, 0.3) is 0 Å². The standard InChI is InChI=1S/C51H89NO14/c1-13-36(53)27-38-31(2)22-26-50(64-38)29-39-32(3)40(65-50)30-51(60-12)35(28-47(6,7)66-51)19-17-15-14-16-18-24-48(8,58)46(57)44(63-42-21-20-37(52(10)11)34(5)61-42)43(55)33(4)45(56)49(9,59)25-23-41(54)62-39/h17,19,23,25,31-40,42-46,53,55-59H,13-16,18,20-22,24,26-30H2,1-12H3/b19-17+,25-23+. The molecule has 6 N–H and O–H groups in total. The molecule has 15 nitrogen and oxygen atoms in total. The van der Waals surface area contributed by atoms with E-state index in [2.05, 4.69) is 37.8 Å². The summed E-state index contributed by atoms with van der Waals surface area (Å²) >= 11 is 0. The van der Waals surface area contributed by atoms with E-state index in [1.165, 1.54) is 20.8 Å². The van der Waals surface area contributed by atoms with Gasteiger partial charge in [-0.3, -0.25) is 0 Å². The zero-order valence-electron chi connectivity index (χ0n) is 42.3. The maximum absolute atomic E-state index is 13.9. The first-order valence-electron chi connectivity index (χ1n) is 25.1. The number of methoxy groups -OCH3 is 1. The van der Waals surface area contributed by atoms with Crippen molar-refractivity contribution >= 4 is 5.97 Å². The van der Waals surface area contributed by atoms with Gasteiger partial charge in [0.05, 0.1) is 47.8 Å². The zero-order chi connectivity index (χ0) is 49.0. The Morgan fingerprint density at radius 1 is 0.879 bits per heavy atom. The Morgan fingerprint density at radius 3 is 2.24 bits per heavy atom. The molecule has 0 aromatic heterocycles. The molecule has 19 unspecified atom stereocenters. The average Bonchev–Trinajstić information content (AvgIpc) is 3.51. The molecule has 5 aliphatic rings. The minimum atomic E-state index is -2.07. The summed E-state index contributed by atoms with van der Waals surface area (Å²) in [6.45, 7) is 16.4. The molecule has 0 aromatic rings. The Labute approximate surface area is 395 Å². The van der Waals surface area contributed by atoms with Crippen molar-refractivity contribution in [3.05, 3.63) is 24.3 Å². The Bertz CT molecular complexity index is 1600. The number of carbonyl (C=O) groups is 1. The molecule has 66 heavy (non-hydrogen) atoms. The average molecular weight is 940 g/mol. The summed E-state index contributed by atoms with van der Waals surface area (Å²) < 4.78 is 46.0. The van der Waals surface area contributed by atoms with Gasteiger partial charge in [0.1, 0.15) is 23.9 Å². The molecule has 0 radical (unpaired) electrons. The van der Waals surface area contributed by atoms with Crippen molar-refractivity contribution < 1.29 is 68.6 Å². The van der Waals surface area contributed by atoms with Gasteiger partial charge in [-0.25, -0.2) is 4.79 Å². The maximum Gasteiger partial charge on any atom is 0.330 e. The smallest absolute Gasteiger partial charge is 0.330 e. The normalized spacial score (nSPS) is 47.3. The van der Waals surface area contributed by atoms with Crippen molar-refractivity contribution in [1.82, 2.24) is 4.90 Å². The minimum Gasteiger partial charge on any atom is -0.459 e. The third-order valence-corrected chi connectivity index (χ3v) is 15.8. The topological polar surface area (TPSA) is 206 Å².